The summed E-state index contributed by atoms with van der Waals surface area (Å²) >= 11 is 0. The van der Waals surface area contributed by atoms with Crippen LogP contribution >= 0.6 is 0 Å². The summed E-state index contributed by atoms with van der Waals surface area (Å²) in [7, 11) is 0. The van der Waals surface area contributed by atoms with Crippen molar-refractivity contribution in [2.75, 3.05) is 6.54 Å². The van der Waals surface area contributed by atoms with Crippen LogP contribution in [0, 0.1) is 0 Å². The molecule has 2 N–H and O–H groups in total. The van der Waals surface area contributed by atoms with Crippen molar-refractivity contribution in [3.63, 3.8) is 0 Å². The van der Waals surface area contributed by atoms with Crippen LogP contribution in [0.4, 0.5) is 4.39 Å². The van der Waals surface area contributed by atoms with Gasteiger partial charge in [0.2, 0.25) is 0 Å². The van der Waals surface area contributed by atoms with E-state index in [9.17, 15) is 4.39 Å². The molecular formula is C6H11FN4. The Bertz CT molecular complexity index is 206. The molecule has 1 aromatic heterocycles. The molecule has 1 unspecified atom stereocenters. The Labute approximate surface area is 64.2 Å². The maximum Gasteiger partial charge on any atom is 0.139 e. The fourth-order valence-electron chi connectivity index (χ4n) is 0.717. The number of alkyl halides is 1. The van der Waals surface area contributed by atoms with E-state index >= 15 is 0 Å². The van der Waals surface area contributed by atoms with Crippen LogP contribution in [0.2, 0.25) is 0 Å². The fourth-order valence-corrected chi connectivity index (χ4v) is 0.717. The summed E-state index contributed by atoms with van der Waals surface area (Å²) in [5.74, 6) is 0. The van der Waals surface area contributed by atoms with Crippen LogP contribution in [0.5, 0.6) is 0 Å². The van der Waals surface area contributed by atoms with Crippen LogP contribution < -0.4 is 5.73 Å². The lowest BCUT2D eigenvalue weighted by Gasteiger charge is -2.16. The van der Waals surface area contributed by atoms with Crippen LogP contribution in [-0.4, -0.2) is 27.0 Å². The zero-order valence-corrected chi connectivity index (χ0v) is 6.37. The molecule has 1 rings (SSSR count). The van der Waals surface area contributed by atoms with Crippen LogP contribution in [-0.2, 0) is 6.54 Å². The number of nitrogens with zero attached hydrogens (tertiary/aromatic N) is 3. The third-order valence-electron chi connectivity index (χ3n) is 1.38. The summed E-state index contributed by atoms with van der Waals surface area (Å²) in [6.45, 7) is 1.59. The fraction of sp³-hybridized carbons (Fsp3) is 0.667. The first kappa shape index (κ1) is 8.13. The monoisotopic (exact) mass is 158 g/mol. The number of hydrogen-bond donors (Lipinski definition) is 1. The Morgan fingerprint density at radius 3 is 2.91 bits per heavy atom. The molecule has 5 heteroatoms. The number of halogens is 1. The second-order valence-electron chi connectivity index (χ2n) is 2.71. The van der Waals surface area contributed by atoms with E-state index < -0.39 is 5.67 Å². The molecule has 0 aliphatic rings. The molecule has 0 saturated carbocycles. The molecule has 11 heavy (non-hydrogen) atoms. The summed E-state index contributed by atoms with van der Waals surface area (Å²) in [6, 6.07) is 0. The molecule has 0 aromatic carbocycles. The largest absolute Gasteiger partial charge is 0.327 e. The van der Waals surface area contributed by atoms with Gasteiger partial charge in [0.05, 0.1) is 6.54 Å². The molecular weight excluding hydrogens is 147 g/mol. The average molecular weight is 158 g/mol. The zero-order valence-electron chi connectivity index (χ0n) is 6.37. The minimum Gasteiger partial charge on any atom is -0.327 e. The van der Waals surface area contributed by atoms with Gasteiger partial charge in [0, 0.05) is 6.54 Å². The standard InChI is InChI=1S/C6H11FN4/c1-6(7,2-8)3-11-5-9-4-10-11/h4-5H,2-3,8H2,1H3. The molecule has 0 spiro atoms. The van der Waals surface area contributed by atoms with Crippen molar-refractivity contribution in [2.24, 2.45) is 5.73 Å². The molecule has 0 saturated heterocycles. The second-order valence-corrected chi connectivity index (χ2v) is 2.71. The van der Waals surface area contributed by atoms with Crippen LogP contribution in [0.3, 0.4) is 0 Å². The van der Waals surface area contributed by atoms with Gasteiger partial charge in [-0.3, -0.25) is 0 Å². The maximum absolute atomic E-state index is 13.2. The van der Waals surface area contributed by atoms with Crippen molar-refractivity contribution in [3.8, 4) is 0 Å². The predicted molar refractivity (Wildman–Crippen MR) is 38.6 cm³/mol. The highest BCUT2D eigenvalue weighted by Crippen LogP contribution is 2.09. The summed E-state index contributed by atoms with van der Waals surface area (Å²) < 4.78 is 14.6. The van der Waals surface area contributed by atoms with Gasteiger partial charge >= 0.3 is 0 Å². The first-order valence-corrected chi connectivity index (χ1v) is 3.35. The van der Waals surface area contributed by atoms with Crippen LogP contribution in [0.15, 0.2) is 12.7 Å². The molecule has 1 aromatic rings. The minimum atomic E-state index is -1.40. The third-order valence-corrected chi connectivity index (χ3v) is 1.38. The van der Waals surface area contributed by atoms with Gasteiger partial charge in [0.15, 0.2) is 0 Å². The highest BCUT2D eigenvalue weighted by Gasteiger charge is 2.21. The van der Waals surface area contributed by atoms with E-state index in [4.69, 9.17) is 5.73 Å². The Morgan fingerprint density at radius 1 is 1.73 bits per heavy atom. The molecule has 62 valence electrons. The van der Waals surface area contributed by atoms with E-state index in [1.807, 2.05) is 0 Å². The molecule has 1 heterocycles. The quantitative estimate of drug-likeness (QED) is 0.671. The minimum absolute atomic E-state index is 0.00708. The van der Waals surface area contributed by atoms with Crippen molar-refractivity contribution in [1.29, 1.82) is 0 Å². The van der Waals surface area contributed by atoms with Crippen molar-refractivity contribution in [1.82, 2.24) is 14.8 Å². The Morgan fingerprint density at radius 2 is 2.45 bits per heavy atom. The first-order valence-electron chi connectivity index (χ1n) is 3.35. The van der Waals surface area contributed by atoms with Crippen LogP contribution in [0.1, 0.15) is 6.92 Å². The van der Waals surface area contributed by atoms with Crippen molar-refractivity contribution >= 4 is 0 Å². The molecule has 1 atom stereocenters. The van der Waals surface area contributed by atoms with Crippen molar-refractivity contribution < 1.29 is 4.39 Å². The van der Waals surface area contributed by atoms with Gasteiger partial charge < -0.3 is 5.73 Å². The third kappa shape index (κ3) is 2.27. The molecule has 0 amide bonds. The molecule has 0 fully saturated rings. The van der Waals surface area contributed by atoms with E-state index in [0.29, 0.717) is 0 Å². The number of hydrogen-bond acceptors (Lipinski definition) is 3. The SMILES string of the molecule is CC(F)(CN)Cn1cncn1. The van der Waals surface area contributed by atoms with E-state index in [1.165, 1.54) is 24.3 Å². The molecule has 0 radical (unpaired) electrons. The zero-order chi connectivity index (χ0) is 8.32. The molecule has 0 aliphatic heterocycles. The highest BCUT2D eigenvalue weighted by atomic mass is 19.1. The lowest BCUT2D eigenvalue weighted by atomic mass is 10.1. The van der Waals surface area contributed by atoms with E-state index in [-0.39, 0.29) is 13.1 Å². The van der Waals surface area contributed by atoms with Gasteiger partial charge in [-0.25, -0.2) is 14.1 Å². The number of rotatable bonds is 3. The first-order chi connectivity index (χ1) is 5.14. The Balaban J connectivity index is 2.56. The maximum atomic E-state index is 13.2. The summed E-state index contributed by atoms with van der Waals surface area (Å²) in [5, 5.41) is 3.76. The van der Waals surface area contributed by atoms with E-state index in [0.717, 1.165) is 0 Å². The molecule has 0 bridgehead atoms. The van der Waals surface area contributed by atoms with Gasteiger partial charge in [-0.1, -0.05) is 0 Å². The summed E-state index contributed by atoms with van der Waals surface area (Å²) in [4.78, 5) is 3.69. The summed E-state index contributed by atoms with van der Waals surface area (Å²) in [6.07, 6.45) is 2.83. The smallest absolute Gasteiger partial charge is 0.139 e. The van der Waals surface area contributed by atoms with E-state index in [2.05, 4.69) is 10.1 Å². The normalized spacial score (nSPS) is 16.3. The topological polar surface area (TPSA) is 56.7 Å². The Kier molecular flexibility index (Phi) is 2.19. The second kappa shape index (κ2) is 2.96. The van der Waals surface area contributed by atoms with E-state index in [1.54, 1.807) is 0 Å². The lowest BCUT2D eigenvalue weighted by Crippen LogP contribution is -2.34. The summed E-state index contributed by atoms with van der Waals surface area (Å²) in [5.41, 5.74) is 3.79. The van der Waals surface area contributed by atoms with Gasteiger partial charge in [0.25, 0.3) is 0 Å². The predicted octanol–water partition coefficient (Wildman–Crippen LogP) is -0.0350. The number of nitrogens with two attached hydrogens (primary N) is 1. The number of aromatic nitrogens is 3. The Hall–Kier alpha value is -0.970. The van der Waals surface area contributed by atoms with Gasteiger partial charge in [-0.15, -0.1) is 0 Å². The van der Waals surface area contributed by atoms with Gasteiger partial charge in [-0.05, 0) is 6.92 Å². The molecule has 4 nitrogen and oxygen atoms in total. The molecule has 0 aliphatic carbocycles. The highest BCUT2D eigenvalue weighted by molar-refractivity contribution is 4.74. The average Bonchev–Trinajstić information content (AvgIpc) is 2.39. The van der Waals surface area contributed by atoms with Gasteiger partial charge in [0.1, 0.15) is 18.3 Å². The van der Waals surface area contributed by atoms with Gasteiger partial charge in [-0.2, -0.15) is 5.10 Å². The lowest BCUT2D eigenvalue weighted by molar-refractivity contribution is 0.164. The van der Waals surface area contributed by atoms with Crippen molar-refractivity contribution in [2.45, 2.75) is 19.1 Å². The van der Waals surface area contributed by atoms with Crippen molar-refractivity contribution in [3.05, 3.63) is 12.7 Å². The van der Waals surface area contributed by atoms with Crippen LogP contribution in [0.25, 0.3) is 0 Å².